The van der Waals surface area contributed by atoms with Crippen LogP contribution in [0.2, 0.25) is 0 Å². The van der Waals surface area contributed by atoms with Gasteiger partial charge in [-0.05, 0) is 36.6 Å². The number of carboxylic acids is 1. The fourth-order valence-electron chi connectivity index (χ4n) is 3.67. The van der Waals surface area contributed by atoms with E-state index in [9.17, 15) is 19.5 Å². The lowest BCUT2D eigenvalue weighted by Gasteiger charge is -2.35. The SMILES string of the molecule is O=C(NCCC1CC1)c1ccc(N2CCN(C(=O)c3ccccc3C(=O)O)CC2)nn1. The normalized spacial score (nSPS) is 16.1. The van der Waals surface area contributed by atoms with Gasteiger partial charge < -0.3 is 20.2 Å². The van der Waals surface area contributed by atoms with Crippen molar-refractivity contribution in [2.75, 3.05) is 37.6 Å². The third kappa shape index (κ3) is 4.99. The number of rotatable bonds is 7. The summed E-state index contributed by atoms with van der Waals surface area (Å²) >= 11 is 0. The Morgan fingerprint density at radius 2 is 1.68 bits per heavy atom. The quantitative estimate of drug-likeness (QED) is 0.696. The predicted octanol–water partition coefficient (Wildman–Crippen LogP) is 1.67. The molecule has 0 radical (unpaired) electrons. The zero-order valence-corrected chi connectivity index (χ0v) is 17.2. The van der Waals surface area contributed by atoms with E-state index >= 15 is 0 Å². The molecule has 2 aliphatic rings. The average molecular weight is 423 g/mol. The summed E-state index contributed by atoms with van der Waals surface area (Å²) in [4.78, 5) is 40.0. The summed E-state index contributed by atoms with van der Waals surface area (Å²) in [6, 6.07) is 9.67. The average Bonchev–Trinajstić information content (AvgIpc) is 3.63. The fourth-order valence-corrected chi connectivity index (χ4v) is 3.67. The minimum atomic E-state index is -1.12. The Labute approximate surface area is 180 Å². The molecule has 9 nitrogen and oxygen atoms in total. The monoisotopic (exact) mass is 423 g/mol. The van der Waals surface area contributed by atoms with E-state index in [1.54, 1.807) is 29.2 Å². The van der Waals surface area contributed by atoms with Crippen molar-refractivity contribution in [2.24, 2.45) is 5.92 Å². The van der Waals surface area contributed by atoms with Crippen molar-refractivity contribution < 1.29 is 19.5 Å². The molecule has 1 aromatic heterocycles. The van der Waals surface area contributed by atoms with E-state index in [2.05, 4.69) is 15.5 Å². The molecule has 2 fully saturated rings. The van der Waals surface area contributed by atoms with Gasteiger partial charge in [-0.2, -0.15) is 0 Å². The maximum atomic E-state index is 12.8. The Kier molecular flexibility index (Phi) is 6.11. The number of nitrogens with one attached hydrogen (secondary N) is 1. The molecule has 1 saturated heterocycles. The van der Waals surface area contributed by atoms with Gasteiger partial charge in [-0.25, -0.2) is 4.79 Å². The van der Waals surface area contributed by atoms with Crippen LogP contribution in [0.3, 0.4) is 0 Å². The standard InChI is InChI=1S/C22H25N5O4/c28-20(23-10-9-15-5-6-15)18-7-8-19(25-24-18)26-11-13-27(14-12-26)21(29)16-3-1-2-4-17(16)22(30)31/h1-4,7-8,15H,5-6,9-14H2,(H,23,28)(H,30,31). The number of hydrogen-bond donors (Lipinski definition) is 2. The molecule has 1 saturated carbocycles. The zero-order chi connectivity index (χ0) is 21.8. The highest BCUT2D eigenvalue weighted by Crippen LogP contribution is 2.31. The molecule has 0 atom stereocenters. The van der Waals surface area contributed by atoms with Crippen molar-refractivity contribution in [3.8, 4) is 0 Å². The van der Waals surface area contributed by atoms with Crippen molar-refractivity contribution in [3.05, 3.63) is 53.2 Å². The molecule has 9 heteroatoms. The number of piperazine rings is 1. The summed E-state index contributed by atoms with van der Waals surface area (Å²) in [5.41, 5.74) is 0.491. The van der Waals surface area contributed by atoms with E-state index in [1.807, 2.05) is 4.90 Å². The molecular formula is C22H25N5O4. The molecule has 0 bridgehead atoms. The van der Waals surface area contributed by atoms with Crippen LogP contribution in [0.1, 0.15) is 50.5 Å². The first kappa shape index (κ1) is 20.8. The lowest BCUT2D eigenvalue weighted by Crippen LogP contribution is -2.49. The van der Waals surface area contributed by atoms with E-state index in [4.69, 9.17) is 0 Å². The second-order valence-electron chi connectivity index (χ2n) is 7.89. The first-order valence-electron chi connectivity index (χ1n) is 10.5. The summed E-state index contributed by atoms with van der Waals surface area (Å²) in [6.07, 6.45) is 3.53. The lowest BCUT2D eigenvalue weighted by atomic mass is 10.1. The number of nitrogens with zero attached hydrogens (tertiary/aromatic N) is 4. The van der Waals surface area contributed by atoms with Crippen LogP contribution in [0.4, 0.5) is 5.82 Å². The third-order valence-corrected chi connectivity index (χ3v) is 5.70. The Hall–Kier alpha value is -3.49. The van der Waals surface area contributed by atoms with Crippen LogP contribution in [0.25, 0.3) is 0 Å². The van der Waals surface area contributed by atoms with Crippen LogP contribution in [0.5, 0.6) is 0 Å². The smallest absolute Gasteiger partial charge is 0.336 e. The topological polar surface area (TPSA) is 116 Å². The minimum Gasteiger partial charge on any atom is -0.478 e. The van der Waals surface area contributed by atoms with Crippen LogP contribution < -0.4 is 10.2 Å². The third-order valence-electron chi connectivity index (χ3n) is 5.70. The van der Waals surface area contributed by atoms with Gasteiger partial charge in [0.2, 0.25) is 0 Å². The van der Waals surface area contributed by atoms with Gasteiger partial charge in [-0.3, -0.25) is 9.59 Å². The Morgan fingerprint density at radius 1 is 0.968 bits per heavy atom. The van der Waals surface area contributed by atoms with Gasteiger partial charge in [0, 0.05) is 32.7 Å². The van der Waals surface area contributed by atoms with Gasteiger partial charge in [0.1, 0.15) is 0 Å². The van der Waals surface area contributed by atoms with E-state index in [-0.39, 0.29) is 22.9 Å². The molecule has 2 N–H and O–H groups in total. The Balaban J connectivity index is 1.31. The molecule has 0 unspecified atom stereocenters. The molecule has 2 amide bonds. The maximum Gasteiger partial charge on any atom is 0.336 e. The van der Waals surface area contributed by atoms with Crippen molar-refractivity contribution in [1.29, 1.82) is 0 Å². The second kappa shape index (κ2) is 9.11. The molecule has 162 valence electrons. The van der Waals surface area contributed by atoms with E-state index in [1.165, 1.54) is 25.0 Å². The molecule has 2 aromatic rings. The number of carbonyl (C=O) groups excluding carboxylic acids is 2. The van der Waals surface area contributed by atoms with Gasteiger partial charge in [0.25, 0.3) is 11.8 Å². The lowest BCUT2D eigenvalue weighted by molar-refractivity contribution is 0.0673. The zero-order valence-electron chi connectivity index (χ0n) is 17.2. The molecular weight excluding hydrogens is 398 g/mol. The van der Waals surface area contributed by atoms with Crippen LogP contribution in [0.15, 0.2) is 36.4 Å². The number of carboxylic acid groups (broad SMARTS) is 1. The largest absolute Gasteiger partial charge is 0.478 e. The number of benzene rings is 1. The number of anilines is 1. The van der Waals surface area contributed by atoms with Gasteiger partial charge in [0.05, 0.1) is 11.1 Å². The highest BCUT2D eigenvalue weighted by atomic mass is 16.4. The van der Waals surface area contributed by atoms with Crippen molar-refractivity contribution >= 4 is 23.6 Å². The summed E-state index contributed by atoms with van der Waals surface area (Å²) in [7, 11) is 0. The summed E-state index contributed by atoms with van der Waals surface area (Å²) in [6.45, 7) is 2.63. The van der Waals surface area contributed by atoms with Crippen LogP contribution >= 0.6 is 0 Å². The highest BCUT2D eigenvalue weighted by Gasteiger charge is 2.26. The first-order valence-corrected chi connectivity index (χ1v) is 10.5. The number of hydrogen-bond acceptors (Lipinski definition) is 6. The van der Waals surface area contributed by atoms with Gasteiger partial charge >= 0.3 is 5.97 Å². The van der Waals surface area contributed by atoms with Crippen LogP contribution in [-0.4, -0.2) is 70.7 Å². The number of carbonyl (C=O) groups is 3. The van der Waals surface area contributed by atoms with Gasteiger partial charge in [-0.15, -0.1) is 10.2 Å². The molecule has 1 aliphatic carbocycles. The summed E-state index contributed by atoms with van der Waals surface area (Å²) < 4.78 is 0. The van der Waals surface area contributed by atoms with E-state index in [0.29, 0.717) is 44.2 Å². The molecule has 0 spiro atoms. The Bertz CT molecular complexity index is 966. The van der Waals surface area contributed by atoms with Crippen molar-refractivity contribution in [2.45, 2.75) is 19.3 Å². The van der Waals surface area contributed by atoms with E-state index in [0.717, 1.165) is 12.3 Å². The summed E-state index contributed by atoms with van der Waals surface area (Å²) in [5.74, 6) is -0.215. The van der Waals surface area contributed by atoms with E-state index < -0.39 is 5.97 Å². The van der Waals surface area contributed by atoms with Crippen molar-refractivity contribution in [1.82, 2.24) is 20.4 Å². The number of amides is 2. The molecule has 1 aliphatic heterocycles. The van der Waals surface area contributed by atoms with Crippen LogP contribution in [-0.2, 0) is 0 Å². The first-order chi connectivity index (χ1) is 15.0. The van der Waals surface area contributed by atoms with Crippen molar-refractivity contribution in [3.63, 3.8) is 0 Å². The maximum absolute atomic E-state index is 12.8. The number of aromatic carboxylic acids is 1. The fraction of sp³-hybridized carbons (Fsp3) is 0.409. The summed E-state index contributed by atoms with van der Waals surface area (Å²) in [5, 5.41) is 20.4. The molecule has 2 heterocycles. The minimum absolute atomic E-state index is 0.00629. The predicted molar refractivity (Wildman–Crippen MR) is 113 cm³/mol. The number of aromatic nitrogens is 2. The Morgan fingerprint density at radius 3 is 2.29 bits per heavy atom. The van der Waals surface area contributed by atoms with Crippen LogP contribution in [0, 0.1) is 5.92 Å². The molecule has 1 aromatic carbocycles. The van der Waals surface area contributed by atoms with Gasteiger partial charge in [-0.1, -0.05) is 25.0 Å². The second-order valence-corrected chi connectivity index (χ2v) is 7.89. The highest BCUT2D eigenvalue weighted by molar-refractivity contribution is 6.04. The van der Waals surface area contributed by atoms with Gasteiger partial charge in [0.15, 0.2) is 11.5 Å². The molecule has 31 heavy (non-hydrogen) atoms. The molecule has 4 rings (SSSR count).